The van der Waals surface area contributed by atoms with Crippen molar-refractivity contribution in [1.82, 2.24) is 19.8 Å². The number of amides is 1. The number of nitrogens with zero attached hydrogens (tertiary/aromatic N) is 6. The minimum atomic E-state index is 0.115. The molecule has 0 aliphatic carbocycles. The first kappa shape index (κ1) is 30.2. The fourth-order valence-corrected chi connectivity index (χ4v) is 5.49. The predicted molar refractivity (Wildman–Crippen MR) is 170 cm³/mol. The fraction of sp³-hybridized carbons (Fsp3) is 0.452. The van der Waals surface area contributed by atoms with Gasteiger partial charge >= 0.3 is 0 Å². The van der Waals surface area contributed by atoms with E-state index in [0.717, 1.165) is 73.3 Å². The quantitative estimate of drug-likeness (QED) is 0.323. The number of methoxy groups -OCH3 is 2. The summed E-state index contributed by atoms with van der Waals surface area (Å²) >= 11 is 0. The van der Waals surface area contributed by atoms with Gasteiger partial charge in [-0.3, -0.25) is 9.69 Å². The number of hydrogen-bond donors (Lipinski definition) is 3. The van der Waals surface area contributed by atoms with Crippen molar-refractivity contribution in [2.45, 2.75) is 13.8 Å². The summed E-state index contributed by atoms with van der Waals surface area (Å²) in [6, 6.07) is 12.2. The fourth-order valence-electron chi connectivity index (χ4n) is 5.49. The zero-order chi connectivity index (χ0) is 30.3. The van der Waals surface area contributed by atoms with Crippen LogP contribution < -0.4 is 29.9 Å². The molecule has 0 atom stereocenters. The van der Waals surface area contributed by atoms with Gasteiger partial charge in [0.15, 0.2) is 0 Å². The van der Waals surface area contributed by atoms with Gasteiger partial charge in [0, 0.05) is 101 Å². The number of hydrogen-bond acceptors (Lipinski definition) is 11. The number of aryl methyl sites for hydroxylation is 1. The van der Waals surface area contributed by atoms with Crippen LogP contribution in [0.25, 0.3) is 0 Å². The summed E-state index contributed by atoms with van der Waals surface area (Å²) in [5.74, 6) is 2.62. The first-order valence-electron chi connectivity index (χ1n) is 14.7. The van der Waals surface area contributed by atoms with Gasteiger partial charge < -0.3 is 39.9 Å². The van der Waals surface area contributed by atoms with Gasteiger partial charge in [-0.1, -0.05) is 0 Å². The molecule has 1 amide bonds. The SMILES string of the molecule is COc1cc(N2CCN(C(C)=O)CC2)ccc1Nc1ncc(C)c(Nc2ccc(N3CCN(CCO)CC3)cc2OC)n1. The van der Waals surface area contributed by atoms with Crippen LogP contribution >= 0.6 is 0 Å². The zero-order valence-electron chi connectivity index (χ0n) is 25.5. The first-order chi connectivity index (χ1) is 20.9. The number of anilines is 6. The number of benzene rings is 2. The minimum absolute atomic E-state index is 0.115. The number of piperazine rings is 2. The summed E-state index contributed by atoms with van der Waals surface area (Å²) in [5, 5.41) is 16.0. The Bertz CT molecular complexity index is 1400. The Morgan fingerprint density at radius 2 is 1.42 bits per heavy atom. The third-order valence-electron chi connectivity index (χ3n) is 8.09. The van der Waals surface area contributed by atoms with E-state index in [-0.39, 0.29) is 12.5 Å². The molecule has 0 unspecified atom stereocenters. The Labute approximate surface area is 253 Å². The Morgan fingerprint density at radius 3 is 1.95 bits per heavy atom. The van der Waals surface area contributed by atoms with Gasteiger partial charge in [0.1, 0.15) is 17.3 Å². The summed E-state index contributed by atoms with van der Waals surface area (Å²) < 4.78 is 11.5. The number of aliphatic hydroxyl groups is 1. The minimum Gasteiger partial charge on any atom is -0.494 e. The highest BCUT2D eigenvalue weighted by Crippen LogP contribution is 2.35. The molecule has 1 aromatic heterocycles. The lowest BCUT2D eigenvalue weighted by atomic mass is 10.2. The molecule has 12 nitrogen and oxygen atoms in total. The highest BCUT2D eigenvalue weighted by atomic mass is 16.5. The van der Waals surface area contributed by atoms with Crippen molar-refractivity contribution >= 4 is 40.4 Å². The van der Waals surface area contributed by atoms with Gasteiger partial charge in [0.05, 0.1) is 32.2 Å². The molecule has 2 saturated heterocycles. The van der Waals surface area contributed by atoms with Crippen LogP contribution in [0.5, 0.6) is 11.5 Å². The van der Waals surface area contributed by atoms with E-state index in [1.165, 1.54) is 0 Å². The molecule has 0 bridgehead atoms. The Morgan fingerprint density at radius 1 is 0.860 bits per heavy atom. The Kier molecular flexibility index (Phi) is 9.68. The smallest absolute Gasteiger partial charge is 0.229 e. The number of carbonyl (C=O) groups is 1. The van der Waals surface area contributed by atoms with Crippen molar-refractivity contribution in [2.75, 3.05) is 100 Å². The number of nitrogens with one attached hydrogen (secondary N) is 2. The highest BCUT2D eigenvalue weighted by molar-refractivity contribution is 5.74. The van der Waals surface area contributed by atoms with Crippen LogP contribution in [-0.2, 0) is 4.79 Å². The molecule has 2 aliphatic heterocycles. The van der Waals surface area contributed by atoms with Crippen molar-refractivity contribution < 1.29 is 19.4 Å². The monoisotopic (exact) mass is 590 g/mol. The van der Waals surface area contributed by atoms with E-state index in [0.29, 0.717) is 37.1 Å². The molecule has 5 rings (SSSR count). The number of ether oxygens (including phenoxy) is 2. The van der Waals surface area contributed by atoms with E-state index in [1.807, 2.05) is 42.2 Å². The number of β-amino-alcohol motifs (C(OH)–C–C–N with tert-alkyl or cyclic N) is 1. The lowest BCUT2D eigenvalue weighted by Crippen LogP contribution is -2.48. The van der Waals surface area contributed by atoms with Crippen LogP contribution in [0.2, 0.25) is 0 Å². The molecule has 43 heavy (non-hydrogen) atoms. The molecule has 2 fully saturated rings. The third-order valence-corrected chi connectivity index (χ3v) is 8.09. The van der Waals surface area contributed by atoms with E-state index < -0.39 is 0 Å². The van der Waals surface area contributed by atoms with Crippen LogP contribution in [0, 0.1) is 6.92 Å². The topological polar surface area (TPSA) is 119 Å². The van der Waals surface area contributed by atoms with E-state index in [1.54, 1.807) is 27.3 Å². The van der Waals surface area contributed by atoms with Crippen LogP contribution in [-0.4, -0.2) is 111 Å². The Balaban J connectivity index is 1.28. The molecule has 0 radical (unpaired) electrons. The van der Waals surface area contributed by atoms with Crippen molar-refractivity contribution in [2.24, 2.45) is 0 Å². The standard InChI is InChI=1S/C31H42N8O4/c1-22-21-32-31(34-27-8-6-25(20-29(27)43-4)39-15-13-37(14-16-39)23(2)41)35-30(22)33-26-7-5-24(19-28(26)42-3)38-11-9-36(10-12-38)17-18-40/h5-8,19-21,40H,9-18H2,1-4H3,(H2,32,33,34,35). The Hall–Kier alpha value is -4.29. The molecular weight excluding hydrogens is 548 g/mol. The summed E-state index contributed by atoms with van der Waals surface area (Å²) in [4.78, 5) is 29.7. The van der Waals surface area contributed by atoms with Gasteiger partial charge in [-0.15, -0.1) is 0 Å². The second-order valence-electron chi connectivity index (χ2n) is 10.8. The molecule has 3 heterocycles. The van der Waals surface area contributed by atoms with Crippen molar-refractivity contribution in [1.29, 1.82) is 0 Å². The highest BCUT2D eigenvalue weighted by Gasteiger charge is 2.21. The van der Waals surface area contributed by atoms with E-state index in [4.69, 9.17) is 14.5 Å². The normalized spacial score (nSPS) is 15.8. The number of aliphatic hydroxyl groups excluding tert-OH is 1. The second kappa shape index (κ2) is 13.8. The molecule has 230 valence electrons. The maximum Gasteiger partial charge on any atom is 0.229 e. The maximum absolute atomic E-state index is 11.7. The largest absolute Gasteiger partial charge is 0.494 e. The average molecular weight is 591 g/mol. The molecule has 3 aromatic rings. The molecule has 12 heteroatoms. The lowest BCUT2D eigenvalue weighted by molar-refractivity contribution is -0.129. The van der Waals surface area contributed by atoms with E-state index >= 15 is 0 Å². The summed E-state index contributed by atoms with van der Waals surface area (Å²) in [7, 11) is 3.31. The average Bonchev–Trinajstić information content (AvgIpc) is 3.03. The first-order valence-corrected chi connectivity index (χ1v) is 14.7. The van der Waals surface area contributed by atoms with Gasteiger partial charge in [0.2, 0.25) is 11.9 Å². The van der Waals surface area contributed by atoms with Gasteiger partial charge in [-0.2, -0.15) is 4.98 Å². The molecule has 0 saturated carbocycles. The van der Waals surface area contributed by atoms with Crippen LogP contribution in [0.1, 0.15) is 12.5 Å². The second-order valence-corrected chi connectivity index (χ2v) is 10.8. The predicted octanol–water partition coefficient (Wildman–Crippen LogP) is 3.07. The maximum atomic E-state index is 11.7. The van der Waals surface area contributed by atoms with Crippen molar-refractivity contribution in [3.8, 4) is 11.5 Å². The third kappa shape index (κ3) is 7.20. The van der Waals surface area contributed by atoms with Crippen LogP contribution in [0.4, 0.5) is 34.5 Å². The molecule has 0 spiro atoms. The zero-order valence-corrected chi connectivity index (χ0v) is 25.5. The van der Waals surface area contributed by atoms with E-state index in [9.17, 15) is 9.90 Å². The van der Waals surface area contributed by atoms with E-state index in [2.05, 4.69) is 36.4 Å². The van der Waals surface area contributed by atoms with Crippen LogP contribution in [0.15, 0.2) is 42.6 Å². The van der Waals surface area contributed by atoms with Gasteiger partial charge in [0.25, 0.3) is 0 Å². The van der Waals surface area contributed by atoms with Crippen LogP contribution in [0.3, 0.4) is 0 Å². The molecule has 2 aromatic carbocycles. The number of aromatic nitrogens is 2. The van der Waals surface area contributed by atoms with Crippen molar-refractivity contribution in [3.63, 3.8) is 0 Å². The summed E-state index contributed by atoms with van der Waals surface area (Å²) in [6.45, 7) is 11.1. The van der Waals surface area contributed by atoms with Gasteiger partial charge in [-0.25, -0.2) is 4.98 Å². The summed E-state index contributed by atoms with van der Waals surface area (Å²) in [6.07, 6.45) is 1.78. The lowest BCUT2D eigenvalue weighted by Gasteiger charge is -2.36. The number of carbonyl (C=O) groups excluding carboxylic acids is 1. The molecule has 2 aliphatic rings. The molecule has 3 N–H and O–H groups in total. The summed E-state index contributed by atoms with van der Waals surface area (Å²) in [5.41, 5.74) is 4.60. The van der Waals surface area contributed by atoms with Crippen molar-refractivity contribution in [3.05, 3.63) is 48.2 Å². The number of rotatable bonds is 10. The molecular formula is C31H42N8O4. The van der Waals surface area contributed by atoms with Gasteiger partial charge in [-0.05, 0) is 31.2 Å².